The highest BCUT2D eigenvalue weighted by atomic mass is 35.5. The fourth-order valence-electron chi connectivity index (χ4n) is 3.46. The molecule has 0 saturated carbocycles. The van der Waals surface area contributed by atoms with Crippen LogP contribution in [0.2, 0.25) is 5.02 Å². The number of aryl methyl sites for hydroxylation is 1. The molecule has 1 N–H and O–H groups in total. The number of likely N-dealkylation sites (tertiary alicyclic amines) is 1. The Morgan fingerprint density at radius 2 is 1.81 bits per heavy atom. The zero-order valence-electron chi connectivity index (χ0n) is 15.8. The van der Waals surface area contributed by atoms with Gasteiger partial charge >= 0.3 is 0 Å². The van der Waals surface area contributed by atoms with E-state index < -0.39 is 0 Å². The number of carbonyl (C=O) groups is 1. The van der Waals surface area contributed by atoms with Crippen LogP contribution in [-0.2, 0) is 4.79 Å². The fraction of sp³-hybridized carbons (Fsp3) is 0.409. The number of hydrogen-bond donors (Lipinski definition) is 1. The van der Waals surface area contributed by atoms with Crippen molar-refractivity contribution in [1.29, 1.82) is 0 Å². The smallest absolute Gasteiger partial charge is 0.258 e. The summed E-state index contributed by atoms with van der Waals surface area (Å²) in [6.45, 7) is 4.63. The minimum Gasteiger partial charge on any atom is -0.484 e. The Morgan fingerprint density at radius 1 is 1.11 bits per heavy atom. The number of amides is 1. The van der Waals surface area contributed by atoms with Gasteiger partial charge in [-0.25, -0.2) is 0 Å². The van der Waals surface area contributed by atoms with Crippen LogP contribution in [0, 0.1) is 6.92 Å². The Morgan fingerprint density at radius 3 is 2.52 bits per heavy atom. The molecule has 2 aromatic rings. The molecule has 27 heavy (non-hydrogen) atoms. The highest BCUT2D eigenvalue weighted by Crippen LogP contribution is 2.29. The quantitative estimate of drug-likeness (QED) is 0.768. The van der Waals surface area contributed by atoms with Crippen molar-refractivity contribution >= 4 is 17.5 Å². The van der Waals surface area contributed by atoms with E-state index in [2.05, 4.69) is 16.3 Å². The zero-order valence-corrected chi connectivity index (χ0v) is 16.5. The summed E-state index contributed by atoms with van der Waals surface area (Å²) < 4.78 is 5.58. The number of halogens is 1. The second kappa shape index (κ2) is 9.77. The first-order valence-corrected chi connectivity index (χ1v) is 9.96. The summed E-state index contributed by atoms with van der Waals surface area (Å²) >= 11 is 6.44. The van der Waals surface area contributed by atoms with E-state index in [0.29, 0.717) is 12.3 Å². The monoisotopic (exact) mass is 386 g/mol. The van der Waals surface area contributed by atoms with Gasteiger partial charge in [0.05, 0.1) is 6.04 Å². The summed E-state index contributed by atoms with van der Waals surface area (Å²) in [5, 5.41) is 3.77. The van der Waals surface area contributed by atoms with Gasteiger partial charge in [-0.3, -0.25) is 9.69 Å². The van der Waals surface area contributed by atoms with Crippen molar-refractivity contribution in [3.63, 3.8) is 0 Å². The molecule has 1 aliphatic heterocycles. The third-order valence-electron chi connectivity index (χ3n) is 4.98. The van der Waals surface area contributed by atoms with Crippen LogP contribution in [-0.4, -0.2) is 37.0 Å². The number of rotatable bonds is 7. The van der Waals surface area contributed by atoms with Crippen molar-refractivity contribution in [2.45, 2.75) is 32.2 Å². The number of hydrogen-bond acceptors (Lipinski definition) is 3. The summed E-state index contributed by atoms with van der Waals surface area (Å²) in [6, 6.07) is 15.7. The summed E-state index contributed by atoms with van der Waals surface area (Å²) in [5.41, 5.74) is 2.23. The number of ether oxygens (including phenoxy) is 1. The predicted molar refractivity (Wildman–Crippen MR) is 109 cm³/mol. The molecule has 1 fully saturated rings. The van der Waals surface area contributed by atoms with Gasteiger partial charge in [0, 0.05) is 11.6 Å². The van der Waals surface area contributed by atoms with Crippen LogP contribution in [0.25, 0.3) is 0 Å². The van der Waals surface area contributed by atoms with Crippen LogP contribution in [0.3, 0.4) is 0 Å². The molecule has 0 spiro atoms. The van der Waals surface area contributed by atoms with Gasteiger partial charge in [0.15, 0.2) is 6.61 Å². The van der Waals surface area contributed by atoms with Crippen LogP contribution < -0.4 is 10.1 Å². The van der Waals surface area contributed by atoms with Crippen LogP contribution in [0.4, 0.5) is 0 Å². The highest BCUT2D eigenvalue weighted by Gasteiger charge is 2.24. The lowest BCUT2D eigenvalue weighted by Crippen LogP contribution is -2.41. The minimum absolute atomic E-state index is 0.0122. The van der Waals surface area contributed by atoms with E-state index in [1.54, 1.807) is 0 Å². The number of piperidine rings is 1. The van der Waals surface area contributed by atoms with Crippen LogP contribution >= 0.6 is 11.6 Å². The van der Waals surface area contributed by atoms with Gasteiger partial charge in [-0.05, 0) is 56.6 Å². The SMILES string of the molecule is Cc1ccc(OCC(=O)NC[C@H](c2ccccc2Cl)N2CCCCC2)cc1. The Hall–Kier alpha value is -2.04. The van der Waals surface area contributed by atoms with Crippen molar-refractivity contribution in [1.82, 2.24) is 10.2 Å². The molecule has 4 nitrogen and oxygen atoms in total. The van der Waals surface area contributed by atoms with Crippen molar-refractivity contribution in [3.05, 3.63) is 64.7 Å². The van der Waals surface area contributed by atoms with Crippen LogP contribution in [0.5, 0.6) is 5.75 Å². The maximum Gasteiger partial charge on any atom is 0.258 e. The zero-order chi connectivity index (χ0) is 19.1. The molecule has 1 atom stereocenters. The maximum atomic E-state index is 12.3. The molecule has 2 aromatic carbocycles. The Kier molecular flexibility index (Phi) is 7.13. The van der Waals surface area contributed by atoms with Crippen LogP contribution in [0.15, 0.2) is 48.5 Å². The summed E-state index contributed by atoms with van der Waals surface area (Å²) in [4.78, 5) is 14.7. The number of nitrogens with one attached hydrogen (secondary N) is 1. The molecule has 3 rings (SSSR count). The third kappa shape index (κ3) is 5.72. The second-order valence-corrected chi connectivity index (χ2v) is 7.45. The maximum absolute atomic E-state index is 12.3. The van der Waals surface area contributed by atoms with E-state index in [4.69, 9.17) is 16.3 Å². The van der Waals surface area contributed by atoms with Crippen molar-refractivity contribution in [2.24, 2.45) is 0 Å². The molecule has 5 heteroatoms. The number of carbonyl (C=O) groups excluding carboxylic acids is 1. The van der Waals surface area contributed by atoms with Gasteiger partial charge < -0.3 is 10.1 Å². The van der Waals surface area contributed by atoms with Gasteiger partial charge in [0.25, 0.3) is 5.91 Å². The van der Waals surface area contributed by atoms with Crippen molar-refractivity contribution in [2.75, 3.05) is 26.2 Å². The summed E-state index contributed by atoms with van der Waals surface area (Å²) in [6.07, 6.45) is 3.64. The molecule has 1 amide bonds. The number of nitrogens with zero attached hydrogens (tertiary/aromatic N) is 1. The fourth-order valence-corrected chi connectivity index (χ4v) is 3.72. The first kappa shape index (κ1) is 19.7. The first-order valence-electron chi connectivity index (χ1n) is 9.58. The largest absolute Gasteiger partial charge is 0.484 e. The highest BCUT2D eigenvalue weighted by molar-refractivity contribution is 6.31. The molecule has 144 valence electrons. The van der Waals surface area contributed by atoms with E-state index in [-0.39, 0.29) is 18.6 Å². The van der Waals surface area contributed by atoms with Gasteiger partial charge in [0.1, 0.15) is 5.75 Å². The molecule has 0 bridgehead atoms. The van der Waals surface area contributed by atoms with E-state index >= 15 is 0 Å². The average Bonchev–Trinajstić information content (AvgIpc) is 2.70. The Balaban J connectivity index is 1.59. The topological polar surface area (TPSA) is 41.6 Å². The van der Waals surface area contributed by atoms with Gasteiger partial charge in [0.2, 0.25) is 0 Å². The molecule has 1 saturated heterocycles. The van der Waals surface area contributed by atoms with Gasteiger partial charge in [-0.15, -0.1) is 0 Å². The van der Waals surface area contributed by atoms with E-state index in [9.17, 15) is 4.79 Å². The molecule has 0 unspecified atom stereocenters. The number of benzene rings is 2. The minimum atomic E-state index is -0.121. The first-order chi connectivity index (χ1) is 13.1. The molecule has 0 aromatic heterocycles. The molecule has 1 heterocycles. The summed E-state index contributed by atoms with van der Waals surface area (Å²) in [7, 11) is 0. The average molecular weight is 387 g/mol. The molecule has 0 radical (unpaired) electrons. The molecule has 1 aliphatic rings. The van der Waals surface area contributed by atoms with Gasteiger partial charge in [-0.1, -0.05) is 53.9 Å². The van der Waals surface area contributed by atoms with Crippen LogP contribution in [0.1, 0.15) is 36.4 Å². The molecular weight excluding hydrogens is 360 g/mol. The molecular formula is C22H27ClN2O2. The summed E-state index contributed by atoms with van der Waals surface area (Å²) in [5.74, 6) is 0.582. The lowest BCUT2D eigenvalue weighted by Gasteiger charge is -2.35. The molecule has 0 aliphatic carbocycles. The standard InChI is InChI=1S/C22H27ClN2O2/c1-17-9-11-18(12-10-17)27-16-22(26)24-15-21(25-13-5-2-6-14-25)19-7-3-4-8-20(19)23/h3-4,7-12,21H,2,5-6,13-16H2,1H3,(H,24,26)/t21-/m1/s1. The van der Waals surface area contributed by atoms with E-state index in [1.165, 1.54) is 19.3 Å². The van der Waals surface area contributed by atoms with Crippen molar-refractivity contribution < 1.29 is 9.53 Å². The Bertz CT molecular complexity index is 742. The third-order valence-corrected chi connectivity index (χ3v) is 5.32. The van der Waals surface area contributed by atoms with Crippen molar-refractivity contribution in [3.8, 4) is 5.75 Å². The van der Waals surface area contributed by atoms with E-state index in [0.717, 1.165) is 29.2 Å². The Labute approximate surface area is 166 Å². The van der Waals surface area contributed by atoms with Gasteiger partial charge in [-0.2, -0.15) is 0 Å². The second-order valence-electron chi connectivity index (χ2n) is 7.04. The predicted octanol–water partition coefficient (Wildman–Crippen LogP) is 4.37. The lowest BCUT2D eigenvalue weighted by atomic mass is 10.0. The lowest BCUT2D eigenvalue weighted by molar-refractivity contribution is -0.123. The normalized spacial score (nSPS) is 15.9. The van der Waals surface area contributed by atoms with E-state index in [1.807, 2.05) is 49.4 Å².